The number of carbonyl (C=O) groups is 1. The zero-order valence-corrected chi connectivity index (χ0v) is 15.7. The SMILES string of the molecule is CCCNc1nnc(S[C@H](C)C(=O)Nc2c(Cl)cccc2Cl)s1. The van der Waals surface area contributed by atoms with Gasteiger partial charge in [-0.25, -0.2) is 0 Å². The van der Waals surface area contributed by atoms with E-state index in [0.717, 1.165) is 22.4 Å². The molecule has 0 unspecified atom stereocenters. The van der Waals surface area contributed by atoms with Crippen LogP contribution in [0.3, 0.4) is 0 Å². The number of hydrogen-bond acceptors (Lipinski definition) is 6. The van der Waals surface area contributed by atoms with Gasteiger partial charge in [-0.3, -0.25) is 4.79 Å². The number of aromatic nitrogens is 2. The highest BCUT2D eigenvalue weighted by Gasteiger charge is 2.19. The van der Waals surface area contributed by atoms with Gasteiger partial charge in [0.15, 0.2) is 4.34 Å². The minimum atomic E-state index is -0.352. The lowest BCUT2D eigenvalue weighted by Crippen LogP contribution is -2.22. The molecular formula is C14H16Cl2N4OS2. The number of halogens is 2. The Kier molecular flexibility index (Phi) is 6.95. The summed E-state index contributed by atoms with van der Waals surface area (Å²) >= 11 is 14.9. The summed E-state index contributed by atoms with van der Waals surface area (Å²) in [7, 11) is 0. The number of nitrogens with one attached hydrogen (secondary N) is 2. The average molecular weight is 391 g/mol. The van der Waals surface area contributed by atoms with Crippen molar-refractivity contribution in [3.05, 3.63) is 28.2 Å². The van der Waals surface area contributed by atoms with Crippen molar-refractivity contribution in [2.24, 2.45) is 0 Å². The first kappa shape index (κ1) is 18.3. The third kappa shape index (κ3) is 5.24. The summed E-state index contributed by atoms with van der Waals surface area (Å²) in [5.74, 6) is -0.191. The van der Waals surface area contributed by atoms with Crippen molar-refractivity contribution in [2.75, 3.05) is 17.2 Å². The van der Waals surface area contributed by atoms with E-state index in [1.54, 1.807) is 25.1 Å². The number of rotatable bonds is 7. The predicted molar refractivity (Wildman–Crippen MR) is 99.1 cm³/mol. The third-order valence-corrected chi connectivity index (χ3v) is 5.49. The molecule has 124 valence electrons. The normalized spacial score (nSPS) is 12.0. The van der Waals surface area contributed by atoms with Gasteiger partial charge in [-0.05, 0) is 25.5 Å². The first-order valence-electron chi connectivity index (χ1n) is 7.00. The molecular weight excluding hydrogens is 375 g/mol. The Bertz CT molecular complexity index is 660. The van der Waals surface area contributed by atoms with Crippen LogP contribution in [-0.2, 0) is 4.79 Å². The molecule has 5 nitrogen and oxygen atoms in total. The summed E-state index contributed by atoms with van der Waals surface area (Å²) in [6, 6.07) is 5.08. The fraction of sp³-hybridized carbons (Fsp3) is 0.357. The van der Waals surface area contributed by atoms with Gasteiger partial charge in [-0.2, -0.15) is 0 Å². The number of hydrogen-bond donors (Lipinski definition) is 2. The highest BCUT2D eigenvalue weighted by atomic mass is 35.5. The van der Waals surface area contributed by atoms with E-state index >= 15 is 0 Å². The van der Waals surface area contributed by atoms with E-state index in [1.165, 1.54) is 23.1 Å². The molecule has 23 heavy (non-hydrogen) atoms. The topological polar surface area (TPSA) is 66.9 Å². The maximum Gasteiger partial charge on any atom is 0.237 e. The van der Waals surface area contributed by atoms with Crippen LogP contribution < -0.4 is 10.6 Å². The van der Waals surface area contributed by atoms with Crippen LogP contribution in [0.1, 0.15) is 20.3 Å². The molecule has 2 N–H and O–H groups in total. The van der Waals surface area contributed by atoms with Crippen LogP contribution in [0.4, 0.5) is 10.8 Å². The summed E-state index contributed by atoms with van der Waals surface area (Å²) in [5.41, 5.74) is 0.427. The van der Waals surface area contributed by atoms with Gasteiger partial charge in [0.1, 0.15) is 0 Å². The van der Waals surface area contributed by atoms with Crippen molar-refractivity contribution < 1.29 is 4.79 Å². The van der Waals surface area contributed by atoms with E-state index < -0.39 is 0 Å². The molecule has 0 aliphatic heterocycles. The van der Waals surface area contributed by atoms with Crippen molar-refractivity contribution in [3.63, 3.8) is 0 Å². The zero-order valence-electron chi connectivity index (χ0n) is 12.6. The number of carbonyl (C=O) groups excluding carboxylic acids is 1. The molecule has 1 atom stereocenters. The quantitative estimate of drug-likeness (QED) is 0.665. The van der Waals surface area contributed by atoms with Crippen molar-refractivity contribution in [3.8, 4) is 0 Å². The van der Waals surface area contributed by atoms with Gasteiger partial charge in [-0.1, -0.05) is 59.3 Å². The molecule has 0 saturated heterocycles. The van der Waals surface area contributed by atoms with Gasteiger partial charge in [0.2, 0.25) is 11.0 Å². The molecule has 0 spiro atoms. The van der Waals surface area contributed by atoms with Gasteiger partial charge in [-0.15, -0.1) is 10.2 Å². The Hall–Kier alpha value is -1.02. The Labute approximate surface area is 153 Å². The number of para-hydroxylation sites is 1. The van der Waals surface area contributed by atoms with Gasteiger partial charge in [0, 0.05) is 6.54 Å². The Balaban J connectivity index is 1.96. The number of nitrogens with zero attached hydrogens (tertiary/aromatic N) is 2. The molecule has 2 aromatic rings. The van der Waals surface area contributed by atoms with Crippen LogP contribution in [0, 0.1) is 0 Å². The molecule has 1 heterocycles. The van der Waals surface area contributed by atoms with Crippen LogP contribution in [0.15, 0.2) is 22.5 Å². The first-order valence-corrected chi connectivity index (χ1v) is 9.45. The van der Waals surface area contributed by atoms with Gasteiger partial charge < -0.3 is 10.6 Å². The van der Waals surface area contributed by atoms with Gasteiger partial charge in [0.25, 0.3) is 0 Å². The molecule has 1 amide bonds. The summed E-state index contributed by atoms with van der Waals surface area (Å²) in [4.78, 5) is 12.3. The summed E-state index contributed by atoms with van der Waals surface area (Å²) in [5, 5.41) is 15.3. The summed E-state index contributed by atoms with van der Waals surface area (Å²) in [6.07, 6.45) is 1.01. The molecule has 9 heteroatoms. The third-order valence-electron chi connectivity index (χ3n) is 2.79. The Morgan fingerprint density at radius 2 is 2.04 bits per heavy atom. The Morgan fingerprint density at radius 3 is 2.70 bits per heavy atom. The second-order valence-electron chi connectivity index (χ2n) is 4.65. The van der Waals surface area contributed by atoms with E-state index in [4.69, 9.17) is 23.2 Å². The van der Waals surface area contributed by atoms with E-state index in [2.05, 4.69) is 27.8 Å². The van der Waals surface area contributed by atoms with E-state index in [1.807, 2.05) is 0 Å². The fourth-order valence-electron chi connectivity index (χ4n) is 1.61. The molecule has 2 rings (SSSR count). The molecule has 0 radical (unpaired) electrons. The number of amides is 1. The largest absolute Gasteiger partial charge is 0.360 e. The van der Waals surface area contributed by atoms with Crippen LogP contribution in [0.5, 0.6) is 0 Å². The summed E-state index contributed by atoms with van der Waals surface area (Å²) in [6.45, 7) is 4.72. The maximum absolute atomic E-state index is 12.3. The molecule has 0 bridgehead atoms. The minimum Gasteiger partial charge on any atom is -0.360 e. The van der Waals surface area contributed by atoms with E-state index in [9.17, 15) is 4.79 Å². The van der Waals surface area contributed by atoms with Crippen molar-refractivity contribution >= 4 is 63.0 Å². The standard InChI is InChI=1S/C14H16Cl2N4OS2/c1-3-7-17-13-19-20-14(23-13)22-8(2)12(21)18-11-9(15)5-4-6-10(11)16/h4-6,8H,3,7H2,1-2H3,(H,17,19)(H,18,21)/t8-/m1/s1. The van der Waals surface area contributed by atoms with Crippen LogP contribution in [0.25, 0.3) is 0 Å². The summed E-state index contributed by atoms with van der Waals surface area (Å²) < 4.78 is 0.733. The molecule has 0 saturated carbocycles. The fourth-order valence-corrected chi connectivity index (χ4v) is 4.02. The lowest BCUT2D eigenvalue weighted by Gasteiger charge is -2.12. The lowest BCUT2D eigenvalue weighted by atomic mass is 10.3. The highest BCUT2D eigenvalue weighted by Crippen LogP contribution is 2.32. The Morgan fingerprint density at radius 1 is 1.35 bits per heavy atom. The minimum absolute atomic E-state index is 0.191. The van der Waals surface area contributed by atoms with E-state index in [-0.39, 0.29) is 11.2 Å². The smallest absolute Gasteiger partial charge is 0.237 e. The van der Waals surface area contributed by atoms with Crippen molar-refractivity contribution in [2.45, 2.75) is 29.9 Å². The maximum atomic E-state index is 12.3. The monoisotopic (exact) mass is 390 g/mol. The van der Waals surface area contributed by atoms with Crippen LogP contribution in [-0.4, -0.2) is 27.9 Å². The average Bonchev–Trinajstić information content (AvgIpc) is 2.96. The second-order valence-corrected chi connectivity index (χ2v) is 8.03. The lowest BCUT2D eigenvalue weighted by molar-refractivity contribution is -0.115. The number of thioether (sulfide) groups is 1. The van der Waals surface area contributed by atoms with Gasteiger partial charge in [0.05, 0.1) is 21.0 Å². The number of benzene rings is 1. The number of anilines is 2. The molecule has 1 aromatic heterocycles. The molecule has 0 fully saturated rings. The highest BCUT2D eigenvalue weighted by molar-refractivity contribution is 8.02. The van der Waals surface area contributed by atoms with E-state index in [0.29, 0.717) is 15.7 Å². The molecule has 1 aromatic carbocycles. The van der Waals surface area contributed by atoms with Crippen molar-refractivity contribution in [1.29, 1.82) is 0 Å². The molecule has 0 aliphatic rings. The van der Waals surface area contributed by atoms with Crippen LogP contribution >= 0.6 is 46.3 Å². The van der Waals surface area contributed by atoms with Crippen LogP contribution in [0.2, 0.25) is 10.0 Å². The second kappa shape index (κ2) is 8.73. The van der Waals surface area contributed by atoms with Gasteiger partial charge >= 0.3 is 0 Å². The first-order chi connectivity index (χ1) is 11.0. The predicted octanol–water partition coefficient (Wildman–Crippen LogP) is 4.79. The molecule has 0 aliphatic carbocycles. The van der Waals surface area contributed by atoms with Crippen molar-refractivity contribution in [1.82, 2.24) is 10.2 Å². The zero-order chi connectivity index (χ0) is 16.8.